The summed E-state index contributed by atoms with van der Waals surface area (Å²) in [5.41, 5.74) is 0.799. The quantitative estimate of drug-likeness (QED) is 0.229. The lowest BCUT2D eigenvalue weighted by molar-refractivity contribution is -0.155. The van der Waals surface area contributed by atoms with Gasteiger partial charge in [-0.1, -0.05) is 87.9 Å². The highest BCUT2D eigenvalue weighted by molar-refractivity contribution is 5.82. The Kier molecular flexibility index (Phi) is 14.5. The van der Waals surface area contributed by atoms with Gasteiger partial charge in [-0.2, -0.15) is 0 Å². The standard InChI is InChI=1S/C26H35NO6/c1-4-7-8-9-13-18-31-26(30)27-23(20-33-24(28)22(14-5-2)15-6-3)25(29)32-19-21-16-11-10-12-17-21/h4,7-13,16-17,22-23H,1,5-6,14-15,18-20H2,2-3H3,(H,27,30)/b8-7-,13-9+. The Morgan fingerprint density at radius 3 is 2.27 bits per heavy atom. The summed E-state index contributed by atoms with van der Waals surface area (Å²) in [6, 6.07) is 7.97. The molecule has 7 nitrogen and oxygen atoms in total. The molecule has 180 valence electrons. The third kappa shape index (κ3) is 12.3. The molecular weight excluding hydrogens is 422 g/mol. The van der Waals surface area contributed by atoms with Crippen LogP contribution in [0.3, 0.4) is 0 Å². The van der Waals surface area contributed by atoms with Crippen molar-refractivity contribution in [2.45, 2.75) is 52.2 Å². The fourth-order valence-electron chi connectivity index (χ4n) is 2.94. The molecule has 0 aromatic heterocycles. The van der Waals surface area contributed by atoms with Crippen molar-refractivity contribution in [2.75, 3.05) is 13.2 Å². The van der Waals surface area contributed by atoms with Gasteiger partial charge in [-0.3, -0.25) is 4.79 Å². The maximum Gasteiger partial charge on any atom is 0.408 e. The van der Waals surface area contributed by atoms with Crippen molar-refractivity contribution in [3.8, 4) is 0 Å². The summed E-state index contributed by atoms with van der Waals surface area (Å²) in [4.78, 5) is 37.2. The van der Waals surface area contributed by atoms with E-state index in [1.165, 1.54) is 0 Å². The molecule has 0 spiro atoms. The normalized spacial score (nSPS) is 12.0. The van der Waals surface area contributed by atoms with Crippen LogP contribution in [-0.2, 0) is 30.4 Å². The van der Waals surface area contributed by atoms with Gasteiger partial charge >= 0.3 is 18.0 Å². The van der Waals surface area contributed by atoms with E-state index in [9.17, 15) is 14.4 Å². The molecule has 0 bridgehead atoms. The SMILES string of the molecule is C=C/C=C\C=C\COC(=O)NC(COC(=O)C(CCC)CCC)C(=O)OCc1ccccc1. The molecule has 1 atom stereocenters. The molecule has 1 aromatic carbocycles. The van der Waals surface area contributed by atoms with E-state index in [0.29, 0.717) is 12.8 Å². The van der Waals surface area contributed by atoms with Gasteiger partial charge in [0, 0.05) is 0 Å². The Morgan fingerprint density at radius 1 is 0.939 bits per heavy atom. The number of benzene rings is 1. The largest absolute Gasteiger partial charge is 0.463 e. The minimum Gasteiger partial charge on any atom is -0.463 e. The molecule has 1 aromatic rings. The molecular formula is C26H35NO6. The second-order valence-corrected chi connectivity index (χ2v) is 7.34. The number of allylic oxidation sites excluding steroid dienone is 4. The first kappa shape index (κ1) is 27.7. The minimum absolute atomic E-state index is 0.00790. The zero-order chi connectivity index (χ0) is 24.3. The van der Waals surface area contributed by atoms with Gasteiger partial charge in [0.25, 0.3) is 0 Å². The number of hydrogen-bond donors (Lipinski definition) is 1. The van der Waals surface area contributed by atoms with Crippen molar-refractivity contribution in [1.29, 1.82) is 0 Å². The first-order valence-electron chi connectivity index (χ1n) is 11.3. The molecule has 0 aliphatic rings. The average Bonchev–Trinajstić information content (AvgIpc) is 2.82. The van der Waals surface area contributed by atoms with E-state index in [1.54, 1.807) is 30.4 Å². The predicted molar refractivity (Wildman–Crippen MR) is 127 cm³/mol. The summed E-state index contributed by atoms with van der Waals surface area (Å²) in [5, 5.41) is 2.43. The molecule has 7 heteroatoms. The van der Waals surface area contributed by atoms with Crippen LogP contribution in [0.15, 0.2) is 67.3 Å². The van der Waals surface area contributed by atoms with E-state index in [4.69, 9.17) is 14.2 Å². The van der Waals surface area contributed by atoms with Gasteiger partial charge < -0.3 is 19.5 Å². The van der Waals surface area contributed by atoms with Crippen LogP contribution < -0.4 is 5.32 Å². The summed E-state index contributed by atoms with van der Waals surface area (Å²) in [7, 11) is 0. The number of nitrogens with one attached hydrogen (secondary N) is 1. The van der Waals surface area contributed by atoms with Gasteiger partial charge in [0.15, 0.2) is 6.04 Å². The molecule has 1 unspecified atom stereocenters. The topological polar surface area (TPSA) is 90.9 Å². The number of amides is 1. The number of alkyl carbamates (subject to hydrolysis) is 1. The van der Waals surface area contributed by atoms with Gasteiger partial charge in [-0.05, 0) is 24.5 Å². The van der Waals surface area contributed by atoms with Crippen molar-refractivity contribution >= 4 is 18.0 Å². The zero-order valence-electron chi connectivity index (χ0n) is 19.5. The summed E-state index contributed by atoms with van der Waals surface area (Å²) in [6.45, 7) is 7.27. The number of hydrogen-bond acceptors (Lipinski definition) is 6. The highest BCUT2D eigenvalue weighted by atomic mass is 16.6. The van der Waals surface area contributed by atoms with E-state index >= 15 is 0 Å². The third-order valence-corrected chi connectivity index (χ3v) is 4.61. The first-order chi connectivity index (χ1) is 16.0. The van der Waals surface area contributed by atoms with Crippen LogP contribution >= 0.6 is 0 Å². The lowest BCUT2D eigenvalue weighted by atomic mass is 9.99. The number of ether oxygens (including phenoxy) is 3. The number of esters is 2. The van der Waals surface area contributed by atoms with Crippen LogP contribution in [0.25, 0.3) is 0 Å². The van der Waals surface area contributed by atoms with Crippen molar-refractivity contribution in [1.82, 2.24) is 5.32 Å². The van der Waals surface area contributed by atoms with E-state index in [0.717, 1.165) is 18.4 Å². The second kappa shape index (κ2) is 17.2. The predicted octanol–water partition coefficient (Wildman–Crippen LogP) is 4.88. The molecule has 0 radical (unpaired) electrons. The van der Waals surface area contributed by atoms with Crippen LogP contribution in [0.1, 0.15) is 45.1 Å². The molecule has 0 aliphatic carbocycles. The first-order valence-corrected chi connectivity index (χ1v) is 11.3. The maximum absolute atomic E-state index is 12.6. The molecule has 1 rings (SSSR count). The minimum atomic E-state index is -1.18. The number of carbonyl (C=O) groups is 3. The van der Waals surface area contributed by atoms with Crippen molar-refractivity contribution in [3.63, 3.8) is 0 Å². The summed E-state index contributed by atoms with van der Waals surface area (Å²) >= 11 is 0. The van der Waals surface area contributed by atoms with Crippen molar-refractivity contribution in [2.24, 2.45) is 5.92 Å². The fraction of sp³-hybridized carbons (Fsp3) is 0.423. The molecule has 1 N–H and O–H groups in total. The van der Waals surface area contributed by atoms with Crippen LogP contribution in [0.2, 0.25) is 0 Å². The molecule has 1 amide bonds. The summed E-state index contributed by atoms with van der Waals surface area (Å²) in [6.07, 6.45) is 10.7. The Balaban J connectivity index is 2.71. The summed E-state index contributed by atoms with van der Waals surface area (Å²) < 4.78 is 15.7. The zero-order valence-corrected chi connectivity index (χ0v) is 19.5. The molecule has 0 saturated carbocycles. The Hall–Kier alpha value is -3.35. The molecule has 33 heavy (non-hydrogen) atoms. The molecule has 0 aliphatic heterocycles. The summed E-state index contributed by atoms with van der Waals surface area (Å²) in [5.74, 6) is -1.33. The van der Waals surface area contributed by atoms with Gasteiger partial charge in [-0.15, -0.1) is 0 Å². The van der Waals surface area contributed by atoms with Crippen LogP contribution in [-0.4, -0.2) is 37.3 Å². The lowest BCUT2D eigenvalue weighted by Gasteiger charge is -2.20. The highest BCUT2D eigenvalue weighted by Gasteiger charge is 2.27. The highest BCUT2D eigenvalue weighted by Crippen LogP contribution is 2.15. The monoisotopic (exact) mass is 457 g/mol. The van der Waals surface area contributed by atoms with Gasteiger partial charge in [-0.25, -0.2) is 9.59 Å². The van der Waals surface area contributed by atoms with Gasteiger partial charge in [0.1, 0.15) is 19.8 Å². The van der Waals surface area contributed by atoms with Crippen LogP contribution in [0.4, 0.5) is 4.79 Å². The van der Waals surface area contributed by atoms with E-state index in [-0.39, 0.29) is 31.7 Å². The van der Waals surface area contributed by atoms with Crippen molar-refractivity contribution < 1.29 is 28.6 Å². The van der Waals surface area contributed by atoms with Gasteiger partial charge in [0.2, 0.25) is 0 Å². The van der Waals surface area contributed by atoms with Crippen LogP contribution in [0, 0.1) is 5.92 Å². The maximum atomic E-state index is 12.6. The number of rotatable bonds is 15. The van der Waals surface area contributed by atoms with E-state index in [1.807, 2.05) is 44.2 Å². The Morgan fingerprint density at radius 2 is 1.64 bits per heavy atom. The Labute approximate surface area is 196 Å². The lowest BCUT2D eigenvalue weighted by Crippen LogP contribution is -2.46. The van der Waals surface area contributed by atoms with E-state index in [2.05, 4.69) is 11.9 Å². The molecule has 0 heterocycles. The van der Waals surface area contributed by atoms with Crippen molar-refractivity contribution in [3.05, 3.63) is 72.9 Å². The smallest absolute Gasteiger partial charge is 0.408 e. The molecule has 0 saturated heterocycles. The molecule has 0 fully saturated rings. The van der Waals surface area contributed by atoms with Crippen LogP contribution in [0.5, 0.6) is 0 Å². The number of carbonyl (C=O) groups excluding carboxylic acids is 3. The van der Waals surface area contributed by atoms with E-state index < -0.39 is 18.1 Å². The average molecular weight is 458 g/mol. The second-order valence-electron chi connectivity index (χ2n) is 7.34. The Bertz CT molecular complexity index is 781. The van der Waals surface area contributed by atoms with Gasteiger partial charge in [0.05, 0.1) is 5.92 Å². The fourth-order valence-corrected chi connectivity index (χ4v) is 2.94. The third-order valence-electron chi connectivity index (χ3n) is 4.61.